The average molecular weight is 507 g/mol. The Kier molecular flexibility index (Phi) is 10.9. The first-order valence-electron chi connectivity index (χ1n) is 14.5. The van der Waals surface area contributed by atoms with Gasteiger partial charge in [0.15, 0.2) is 16.6 Å². The van der Waals surface area contributed by atoms with Crippen LogP contribution in [0.25, 0.3) is 0 Å². The van der Waals surface area contributed by atoms with E-state index in [0.29, 0.717) is 12.2 Å². The zero-order chi connectivity index (χ0) is 25.6. The first-order chi connectivity index (χ1) is 15.9. The molecule has 0 saturated heterocycles. The molecule has 0 N–H and O–H groups in total. The summed E-state index contributed by atoms with van der Waals surface area (Å²) in [7, 11) is -3.44. The molecule has 0 aliphatic heterocycles. The van der Waals surface area contributed by atoms with Crippen molar-refractivity contribution >= 4 is 16.6 Å². The van der Waals surface area contributed by atoms with Gasteiger partial charge in [-0.1, -0.05) is 85.5 Å². The van der Waals surface area contributed by atoms with E-state index in [-0.39, 0.29) is 10.5 Å². The van der Waals surface area contributed by atoms with E-state index in [4.69, 9.17) is 8.85 Å². The molecule has 1 fully saturated rings. The summed E-state index contributed by atoms with van der Waals surface area (Å²) < 4.78 is 14.3. The van der Waals surface area contributed by atoms with Crippen LogP contribution in [-0.4, -0.2) is 28.8 Å². The Morgan fingerprint density at radius 3 is 2.18 bits per heavy atom. The molecule has 0 bridgehead atoms. The lowest BCUT2D eigenvalue weighted by Gasteiger charge is -2.43. The van der Waals surface area contributed by atoms with Crippen molar-refractivity contribution in [2.24, 2.45) is 11.3 Å². The van der Waals surface area contributed by atoms with Gasteiger partial charge in [-0.2, -0.15) is 0 Å². The summed E-state index contributed by atoms with van der Waals surface area (Å²) in [5, 5.41) is 0.261. The molecule has 1 saturated carbocycles. The molecular weight excluding hydrogens is 449 g/mol. The third kappa shape index (κ3) is 6.98. The normalized spacial score (nSPS) is 25.9. The van der Waals surface area contributed by atoms with Crippen molar-refractivity contribution in [2.75, 3.05) is 0 Å². The molecule has 1 unspecified atom stereocenters. The van der Waals surface area contributed by atoms with Crippen molar-refractivity contribution < 1.29 is 8.85 Å². The Hall–Kier alpha value is -0.166. The highest BCUT2D eigenvalue weighted by atomic mass is 28.4. The summed E-state index contributed by atoms with van der Waals surface area (Å²) in [5.74, 6) is 0.739. The van der Waals surface area contributed by atoms with E-state index in [1.54, 1.807) is 5.57 Å². The second-order valence-electron chi connectivity index (χ2n) is 13.1. The first-order valence-corrected chi connectivity index (χ1v) is 20.0. The molecule has 3 atom stereocenters. The van der Waals surface area contributed by atoms with Gasteiger partial charge in [-0.25, -0.2) is 0 Å². The molecule has 2 aliphatic rings. The van der Waals surface area contributed by atoms with Gasteiger partial charge in [0.25, 0.3) is 0 Å². The minimum atomic E-state index is -1.79. The maximum Gasteiger partial charge on any atom is 0.192 e. The summed E-state index contributed by atoms with van der Waals surface area (Å²) >= 11 is 0. The van der Waals surface area contributed by atoms with E-state index in [1.165, 1.54) is 56.7 Å². The van der Waals surface area contributed by atoms with E-state index in [9.17, 15) is 0 Å². The monoisotopic (exact) mass is 506 g/mol. The SMILES string of the molecule is C=CC[C@]1(C)C(CCC(O[Si](C)(C)C(C)(C)C)C2CCCCC2)=CC[C@@H]1O[Si](CC)(CC)CC. The van der Waals surface area contributed by atoms with Crippen LogP contribution < -0.4 is 0 Å². The van der Waals surface area contributed by atoms with Crippen molar-refractivity contribution in [1.82, 2.24) is 0 Å². The maximum atomic E-state index is 7.16. The lowest BCUT2D eigenvalue weighted by molar-refractivity contribution is 0.0753. The lowest BCUT2D eigenvalue weighted by atomic mass is 9.75. The molecule has 2 nitrogen and oxygen atoms in total. The predicted molar refractivity (Wildman–Crippen MR) is 156 cm³/mol. The fourth-order valence-electron chi connectivity index (χ4n) is 6.13. The highest BCUT2D eigenvalue weighted by molar-refractivity contribution is 6.74. The predicted octanol–water partition coefficient (Wildman–Crippen LogP) is 10.0. The number of rotatable bonds is 13. The zero-order valence-electron chi connectivity index (χ0n) is 24.4. The molecule has 2 rings (SSSR count). The van der Waals surface area contributed by atoms with Crippen LogP contribution in [0.2, 0.25) is 36.3 Å². The Balaban J connectivity index is 2.19. The average Bonchev–Trinajstić information content (AvgIpc) is 3.09. The molecule has 4 heteroatoms. The Morgan fingerprint density at radius 1 is 1.09 bits per heavy atom. The van der Waals surface area contributed by atoms with E-state index in [0.717, 1.165) is 25.2 Å². The van der Waals surface area contributed by atoms with Gasteiger partial charge >= 0.3 is 0 Å². The molecular formula is C30H58O2Si2. The molecule has 34 heavy (non-hydrogen) atoms. The topological polar surface area (TPSA) is 18.5 Å². The Morgan fingerprint density at radius 2 is 1.68 bits per heavy atom. The fourth-order valence-corrected chi connectivity index (χ4v) is 10.5. The van der Waals surface area contributed by atoms with Gasteiger partial charge < -0.3 is 8.85 Å². The second kappa shape index (κ2) is 12.4. The van der Waals surface area contributed by atoms with Crippen LogP contribution >= 0.6 is 0 Å². The third-order valence-corrected chi connectivity index (χ3v) is 19.2. The van der Waals surface area contributed by atoms with Crippen LogP contribution in [0.4, 0.5) is 0 Å². The van der Waals surface area contributed by atoms with Gasteiger partial charge in [-0.05, 0) is 80.7 Å². The number of allylic oxidation sites excluding steroid dienone is 1. The summed E-state index contributed by atoms with van der Waals surface area (Å²) in [5.41, 5.74) is 1.70. The molecule has 198 valence electrons. The van der Waals surface area contributed by atoms with Crippen molar-refractivity contribution in [3.05, 3.63) is 24.3 Å². The summed E-state index contributed by atoms with van der Waals surface area (Å²) in [6, 6.07) is 3.67. The first kappa shape index (κ1) is 30.1. The number of hydrogen-bond acceptors (Lipinski definition) is 2. The molecule has 0 amide bonds. The second-order valence-corrected chi connectivity index (χ2v) is 22.6. The van der Waals surface area contributed by atoms with Crippen molar-refractivity contribution in [3.8, 4) is 0 Å². The van der Waals surface area contributed by atoms with E-state index >= 15 is 0 Å². The number of hydrogen-bond donors (Lipinski definition) is 0. The standard InChI is InChI=1S/C30H58O2Si2/c1-11-24-30(8)26(21-23-28(30)32-34(12-2,13-3)14-4)20-22-27(25-18-16-15-17-19-25)31-33(9,10)29(5,6)7/h11,21,25,27-28H,1,12-20,22-24H2,2-10H3/t27?,28-,30+/m0/s1. The smallest absolute Gasteiger partial charge is 0.192 e. The lowest BCUT2D eigenvalue weighted by Crippen LogP contribution is -2.46. The zero-order valence-corrected chi connectivity index (χ0v) is 26.4. The Bertz CT molecular complexity index is 660. The third-order valence-electron chi connectivity index (χ3n) is 10.0. The molecule has 2 aliphatic carbocycles. The highest BCUT2D eigenvalue weighted by Crippen LogP contribution is 2.49. The van der Waals surface area contributed by atoms with Gasteiger partial charge in [0.1, 0.15) is 0 Å². The fraction of sp³-hybridized carbons (Fsp3) is 0.867. The quantitative estimate of drug-likeness (QED) is 0.183. The van der Waals surface area contributed by atoms with Crippen molar-refractivity contribution in [3.63, 3.8) is 0 Å². The van der Waals surface area contributed by atoms with E-state index in [2.05, 4.69) is 80.3 Å². The van der Waals surface area contributed by atoms with Crippen molar-refractivity contribution in [1.29, 1.82) is 0 Å². The highest BCUT2D eigenvalue weighted by Gasteiger charge is 2.46. The van der Waals surface area contributed by atoms with Gasteiger partial charge in [-0.3, -0.25) is 0 Å². The summed E-state index contributed by atoms with van der Waals surface area (Å²) in [6.07, 6.45) is 16.7. The van der Waals surface area contributed by atoms with Crippen LogP contribution in [0.5, 0.6) is 0 Å². The van der Waals surface area contributed by atoms with Gasteiger partial charge in [0, 0.05) is 11.5 Å². The molecule has 0 aromatic carbocycles. The molecule has 0 heterocycles. The van der Waals surface area contributed by atoms with Gasteiger partial charge in [0.05, 0.1) is 6.10 Å². The van der Waals surface area contributed by atoms with E-state index < -0.39 is 16.6 Å². The van der Waals surface area contributed by atoms with Crippen LogP contribution in [-0.2, 0) is 8.85 Å². The molecule has 0 radical (unpaired) electrons. The largest absolute Gasteiger partial charge is 0.414 e. The van der Waals surface area contributed by atoms with Crippen LogP contribution in [0.3, 0.4) is 0 Å². The maximum absolute atomic E-state index is 7.16. The summed E-state index contributed by atoms with van der Waals surface area (Å²) in [4.78, 5) is 0. The van der Waals surface area contributed by atoms with Gasteiger partial charge in [0.2, 0.25) is 0 Å². The van der Waals surface area contributed by atoms with Crippen LogP contribution in [0.1, 0.15) is 106 Å². The Labute approximate surface area is 215 Å². The van der Waals surface area contributed by atoms with E-state index in [1.807, 2.05) is 0 Å². The van der Waals surface area contributed by atoms with Crippen molar-refractivity contribution in [2.45, 2.75) is 155 Å². The van der Waals surface area contributed by atoms with Gasteiger partial charge in [-0.15, -0.1) is 6.58 Å². The van der Waals surface area contributed by atoms with Crippen LogP contribution in [0.15, 0.2) is 24.3 Å². The molecule has 0 aromatic rings. The summed E-state index contributed by atoms with van der Waals surface area (Å²) in [6.45, 7) is 25.7. The van der Waals surface area contributed by atoms with Crippen LogP contribution in [0, 0.1) is 11.3 Å². The molecule has 0 aromatic heterocycles. The minimum Gasteiger partial charge on any atom is -0.414 e. The minimum absolute atomic E-state index is 0.0909. The molecule has 0 spiro atoms.